The Morgan fingerprint density at radius 2 is 0.744 bits per heavy atom. The molecule has 0 aromatic heterocycles. The van der Waals surface area contributed by atoms with Crippen molar-refractivity contribution < 1.29 is 34.2 Å². The summed E-state index contributed by atoms with van der Waals surface area (Å²) in [5.74, 6) is -3.34. The van der Waals surface area contributed by atoms with Crippen LogP contribution in [0.5, 0.6) is 0 Å². The first kappa shape index (κ1) is 41.1. The van der Waals surface area contributed by atoms with Crippen LogP contribution >= 0.6 is 0 Å². The quantitative estimate of drug-likeness (QED) is 0.0409. The number of nitrogens with zero attached hydrogens (tertiary/aromatic N) is 1. The molecule has 0 spiro atoms. The van der Waals surface area contributed by atoms with Crippen molar-refractivity contribution in [1.29, 1.82) is 0 Å². The summed E-state index contributed by atoms with van der Waals surface area (Å²) >= 11 is 0. The zero-order valence-corrected chi connectivity index (χ0v) is 28.4. The van der Waals surface area contributed by atoms with Gasteiger partial charge in [-0.3, -0.25) is 4.48 Å². The summed E-state index contributed by atoms with van der Waals surface area (Å²) in [6, 6.07) is -3.18. The van der Waals surface area contributed by atoms with Gasteiger partial charge in [-0.2, -0.15) is 0 Å². The fourth-order valence-electron chi connectivity index (χ4n) is 7.04. The molecule has 0 aromatic carbocycles. The summed E-state index contributed by atoms with van der Waals surface area (Å²) in [7, 11) is 0. The van der Waals surface area contributed by atoms with Crippen LogP contribution in [0, 0.1) is 0 Å². The number of allylic oxidation sites excluding steroid dienone is 2. The van der Waals surface area contributed by atoms with Crippen molar-refractivity contribution in [2.45, 2.75) is 193 Å². The molecule has 7 nitrogen and oxygen atoms in total. The smallest absolute Gasteiger partial charge is 0.362 e. The highest BCUT2D eigenvalue weighted by Crippen LogP contribution is 2.32. The first-order valence-corrected chi connectivity index (χ1v) is 17.9. The van der Waals surface area contributed by atoms with E-state index in [1.807, 2.05) is 0 Å². The van der Waals surface area contributed by atoms with Crippen LogP contribution in [0.4, 0.5) is 0 Å². The van der Waals surface area contributed by atoms with E-state index >= 15 is 0 Å². The molecule has 0 heterocycles. The van der Waals surface area contributed by atoms with Crippen molar-refractivity contribution in [2.24, 2.45) is 0 Å². The average Bonchev–Trinajstić information content (AvgIpc) is 2.96. The molecule has 0 amide bonds. The number of aliphatic carboxylic acids is 3. The Labute approximate surface area is 264 Å². The molecule has 0 aliphatic heterocycles. The largest absolute Gasteiger partial charge is 0.477 e. The molecule has 0 aliphatic rings. The molecule has 43 heavy (non-hydrogen) atoms. The molecular weight excluding hydrogens is 542 g/mol. The van der Waals surface area contributed by atoms with Gasteiger partial charge in [-0.05, 0) is 32.1 Å². The van der Waals surface area contributed by atoms with E-state index < -0.39 is 40.5 Å². The number of quaternary nitrogens is 1. The van der Waals surface area contributed by atoms with Gasteiger partial charge < -0.3 is 15.3 Å². The number of carboxylic acids is 3. The van der Waals surface area contributed by atoms with Crippen LogP contribution in [-0.4, -0.2) is 62.4 Å². The molecule has 0 saturated carbocycles. The van der Waals surface area contributed by atoms with Crippen molar-refractivity contribution in [3.05, 3.63) is 12.2 Å². The number of rotatable bonds is 31. The second kappa shape index (κ2) is 26.5. The van der Waals surface area contributed by atoms with Gasteiger partial charge in [0.25, 0.3) is 0 Å². The molecular formula is C36H68NO6+. The van der Waals surface area contributed by atoms with Crippen molar-refractivity contribution in [3.63, 3.8) is 0 Å². The van der Waals surface area contributed by atoms with E-state index in [9.17, 15) is 29.7 Å². The summed E-state index contributed by atoms with van der Waals surface area (Å²) in [5, 5.41) is 30.1. The standard InChI is InChI=1S/C36H67NO6/c1-5-9-10-11-12-13-14-15-16-17-18-19-20-21-22-23-24-25-26-27-28-29-30-37(31(6-2)34(38)39,32(7-3)35(40)41)33(8-4)36(42)43/h9-10,31-33H,5-8,11-30H2,1-4H3,(H2-,38,39,40,41,42,43)/p+1/b10-9+. The fourth-order valence-corrected chi connectivity index (χ4v) is 7.04. The third-order valence-electron chi connectivity index (χ3n) is 9.32. The maximum atomic E-state index is 12.3. The van der Waals surface area contributed by atoms with E-state index in [-0.39, 0.29) is 25.8 Å². The third-order valence-corrected chi connectivity index (χ3v) is 9.32. The molecule has 0 saturated heterocycles. The second-order valence-corrected chi connectivity index (χ2v) is 12.5. The molecule has 0 rings (SSSR count). The molecule has 252 valence electrons. The van der Waals surface area contributed by atoms with Gasteiger partial charge in [0, 0.05) is 19.3 Å². The summed E-state index contributed by atoms with van der Waals surface area (Å²) in [5.41, 5.74) is 0. The zero-order chi connectivity index (χ0) is 32.3. The highest BCUT2D eigenvalue weighted by atomic mass is 16.4. The van der Waals surface area contributed by atoms with E-state index in [1.165, 1.54) is 96.3 Å². The van der Waals surface area contributed by atoms with Gasteiger partial charge in [-0.25, -0.2) is 14.4 Å². The Bertz CT molecular complexity index is 697. The predicted molar refractivity (Wildman–Crippen MR) is 177 cm³/mol. The summed E-state index contributed by atoms with van der Waals surface area (Å²) in [6.45, 7) is 7.59. The number of hydrogen-bond donors (Lipinski definition) is 3. The van der Waals surface area contributed by atoms with Gasteiger partial charge >= 0.3 is 17.9 Å². The second-order valence-electron chi connectivity index (χ2n) is 12.5. The fraction of sp³-hybridized carbons (Fsp3) is 0.861. The van der Waals surface area contributed by atoms with Gasteiger partial charge in [0.1, 0.15) is 0 Å². The van der Waals surface area contributed by atoms with Crippen LogP contribution in [0.15, 0.2) is 12.2 Å². The lowest BCUT2D eigenvalue weighted by Gasteiger charge is -2.49. The van der Waals surface area contributed by atoms with Crippen LogP contribution in [0.3, 0.4) is 0 Å². The topological polar surface area (TPSA) is 112 Å². The van der Waals surface area contributed by atoms with Gasteiger partial charge in [0.05, 0.1) is 6.54 Å². The molecule has 0 bridgehead atoms. The lowest BCUT2D eigenvalue weighted by Crippen LogP contribution is -2.72. The summed E-state index contributed by atoms with van der Waals surface area (Å²) in [6.07, 6.45) is 29.9. The lowest BCUT2D eigenvalue weighted by molar-refractivity contribution is -0.973. The highest BCUT2D eigenvalue weighted by Gasteiger charge is 2.55. The molecule has 3 atom stereocenters. The Kier molecular flexibility index (Phi) is 25.3. The Balaban J connectivity index is 4.26. The molecule has 7 heteroatoms. The van der Waals surface area contributed by atoms with Gasteiger partial charge in [-0.1, -0.05) is 136 Å². The minimum absolute atomic E-state index is 0.195. The first-order valence-electron chi connectivity index (χ1n) is 17.9. The third kappa shape index (κ3) is 16.7. The van der Waals surface area contributed by atoms with E-state index in [1.54, 1.807) is 20.8 Å². The van der Waals surface area contributed by atoms with Gasteiger partial charge in [0.2, 0.25) is 0 Å². The number of unbranched alkanes of at least 4 members (excludes halogenated alkanes) is 18. The normalized spacial score (nSPS) is 15.3. The van der Waals surface area contributed by atoms with Gasteiger partial charge in [0.15, 0.2) is 18.1 Å². The molecule has 0 fully saturated rings. The van der Waals surface area contributed by atoms with Crippen molar-refractivity contribution in [3.8, 4) is 0 Å². The van der Waals surface area contributed by atoms with Gasteiger partial charge in [-0.15, -0.1) is 0 Å². The monoisotopic (exact) mass is 611 g/mol. The Morgan fingerprint density at radius 1 is 0.465 bits per heavy atom. The van der Waals surface area contributed by atoms with Crippen molar-refractivity contribution in [1.82, 2.24) is 0 Å². The number of hydrogen-bond acceptors (Lipinski definition) is 3. The molecule has 0 aliphatic carbocycles. The predicted octanol–water partition coefficient (Wildman–Crippen LogP) is 9.77. The first-order chi connectivity index (χ1) is 20.7. The minimum Gasteiger partial charge on any atom is -0.477 e. The van der Waals surface area contributed by atoms with Crippen molar-refractivity contribution >= 4 is 17.9 Å². The van der Waals surface area contributed by atoms with Crippen LogP contribution < -0.4 is 0 Å². The van der Waals surface area contributed by atoms with E-state index in [4.69, 9.17) is 0 Å². The lowest BCUT2D eigenvalue weighted by atomic mass is 9.93. The highest BCUT2D eigenvalue weighted by molar-refractivity contribution is 5.78. The number of carboxylic acid groups (broad SMARTS) is 3. The maximum absolute atomic E-state index is 12.3. The Hall–Kier alpha value is -1.89. The minimum atomic E-state index is -1.11. The molecule has 3 unspecified atom stereocenters. The molecule has 3 N–H and O–H groups in total. The van der Waals surface area contributed by atoms with E-state index in [0.29, 0.717) is 6.42 Å². The van der Waals surface area contributed by atoms with Crippen LogP contribution in [0.25, 0.3) is 0 Å². The van der Waals surface area contributed by atoms with Crippen LogP contribution in [0.1, 0.15) is 175 Å². The summed E-state index contributed by atoms with van der Waals surface area (Å²) < 4.78 is -0.402. The maximum Gasteiger partial charge on any atom is 0.362 e. The van der Waals surface area contributed by atoms with E-state index in [2.05, 4.69) is 19.1 Å². The Morgan fingerprint density at radius 3 is 1.00 bits per heavy atom. The van der Waals surface area contributed by atoms with Crippen LogP contribution in [0.2, 0.25) is 0 Å². The molecule has 0 aromatic rings. The van der Waals surface area contributed by atoms with E-state index in [0.717, 1.165) is 25.7 Å². The summed E-state index contributed by atoms with van der Waals surface area (Å²) in [4.78, 5) is 36.9. The zero-order valence-electron chi connectivity index (χ0n) is 28.4. The van der Waals surface area contributed by atoms with Crippen LogP contribution in [-0.2, 0) is 14.4 Å². The average molecular weight is 611 g/mol. The van der Waals surface area contributed by atoms with Crippen molar-refractivity contribution in [2.75, 3.05) is 6.54 Å². The molecule has 0 radical (unpaired) electrons. The SMILES string of the molecule is CC/C=C/CCCCCCCCCCCCCCCCCCCC[N+](C(CC)C(=O)O)(C(CC)C(=O)O)C(CC)C(=O)O. The number of carbonyl (C=O) groups is 3.